The summed E-state index contributed by atoms with van der Waals surface area (Å²) in [5.74, 6) is 1.28. The Balaban J connectivity index is 1.66. The third-order valence-electron chi connectivity index (χ3n) is 4.91. The highest BCUT2D eigenvalue weighted by Gasteiger charge is 2.40. The number of nitrogens with zero attached hydrogens (tertiary/aromatic N) is 1. The number of rotatable bonds is 3. The number of hydrogen-bond acceptors (Lipinski definition) is 3. The maximum atomic E-state index is 12.6. The molecule has 1 saturated heterocycles. The molecule has 2 heterocycles. The highest BCUT2D eigenvalue weighted by molar-refractivity contribution is 7.14. The number of piperidine rings is 1. The van der Waals surface area contributed by atoms with Crippen LogP contribution in [0.25, 0.3) is 0 Å². The van der Waals surface area contributed by atoms with Gasteiger partial charge in [-0.2, -0.15) is 0 Å². The normalized spacial score (nSPS) is 28.1. The van der Waals surface area contributed by atoms with E-state index >= 15 is 0 Å². The van der Waals surface area contributed by atoms with E-state index < -0.39 is 0 Å². The van der Waals surface area contributed by atoms with E-state index in [4.69, 9.17) is 0 Å². The first-order chi connectivity index (χ1) is 10.1. The van der Waals surface area contributed by atoms with Crippen LogP contribution >= 0.6 is 11.3 Å². The summed E-state index contributed by atoms with van der Waals surface area (Å²) in [6, 6.07) is 4.26. The van der Waals surface area contributed by atoms with E-state index in [1.165, 1.54) is 4.88 Å². The Hall–Kier alpha value is -1.36. The van der Waals surface area contributed by atoms with Crippen LogP contribution in [0.4, 0.5) is 0 Å². The molecule has 0 unspecified atom stereocenters. The van der Waals surface area contributed by atoms with E-state index in [1.807, 2.05) is 24.1 Å². The molecular formula is C16H22N2O2S. The lowest BCUT2D eigenvalue weighted by Gasteiger charge is -2.24. The number of aryl methyl sites for hydroxylation is 1. The Labute approximate surface area is 129 Å². The first-order valence-corrected chi connectivity index (χ1v) is 8.52. The zero-order valence-electron chi connectivity index (χ0n) is 12.6. The van der Waals surface area contributed by atoms with Gasteiger partial charge in [-0.3, -0.25) is 9.59 Å². The number of amides is 2. The minimum Gasteiger partial charge on any atom is -0.356 e. The summed E-state index contributed by atoms with van der Waals surface area (Å²) in [4.78, 5) is 28.0. The van der Waals surface area contributed by atoms with Gasteiger partial charge >= 0.3 is 0 Å². The first-order valence-electron chi connectivity index (χ1n) is 7.71. The molecule has 1 N–H and O–H groups in total. The third kappa shape index (κ3) is 2.84. The van der Waals surface area contributed by atoms with E-state index in [9.17, 15) is 9.59 Å². The van der Waals surface area contributed by atoms with E-state index in [0.717, 1.165) is 30.7 Å². The fourth-order valence-electron chi connectivity index (χ4n) is 3.57. The fourth-order valence-corrected chi connectivity index (χ4v) is 4.50. The van der Waals surface area contributed by atoms with Gasteiger partial charge in [0.15, 0.2) is 0 Å². The van der Waals surface area contributed by atoms with Gasteiger partial charge in [0, 0.05) is 30.9 Å². The molecule has 1 aromatic rings. The highest BCUT2D eigenvalue weighted by Crippen LogP contribution is 2.38. The second kappa shape index (κ2) is 5.79. The first kappa shape index (κ1) is 14.6. The fraction of sp³-hybridized carbons (Fsp3) is 0.625. The van der Waals surface area contributed by atoms with E-state index in [-0.39, 0.29) is 17.9 Å². The van der Waals surface area contributed by atoms with Gasteiger partial charge in [0.25, 0.3) is 5.91 Å². The Morgan fingerprint density at radius 3 is 2.86 bits per heavy atom. The molecule has 0 spiro atoms. The largest absolute Gasteiger partial charge is 0.356 e. The molecule has 4 nitrogen and oxygen atoms in total. The number of nitrogens with one attached hydrogen (secondary N) is 1. The molecule has 114 valence electrons. The maximum absolute atomic E-state index is 12.6. The predicted molar refractivity (Wildman–Crippen MR) is 83.4 cm³/mol. The van der Waals surface area contributed by atoms with Gasteiger partial charge in [-0.05, 0) is 43.2 Å². The molecule has 0 bridgehead atoms. The number of carbonyl (C=O) groups excluding carboxylic acids is 2. The Morgan fingerprint density at radius 2 is 2.14 bits per heavy atom. The number of fused-ring (bicyclic) bond motifs is 1. The third-order valence-corrected chi connectivity index (χ3v) is 6.13. The van der Waals surface area contributed by atoms with Crippen LogP contribution in [-0.2, 0) is 11.2 Å². The van der Waals surface area contributed by atoms with Gasteiger partial charge < -0.3 is 10.2 Å². The van der Waals surface area contributed by atoms with Crippen LogP contribution in [0, 0.1) is 11.8 Å². The summed E-state index contributed by atoms with van der Waals surface area (Å²) in [7, 11) is 1.91. The summed E-state index contributed by atoms with van der Waals surface area (Å²) >= 11 is 1.60. The molecule has 2 fully saturated rings. The zero-order valence-corrected chi connectivity index (χ0v) is 13.4. The van der Waals surface area contributed by atoms with Crippen molar-refractivity contribution < 1.29 is 9.59 Å². The molecular weight excluding hydrogens is 284 g/mol. The molecule has 1 aliphatic carbocycles. The molecule has 5 heteroatoms. The molecule has 1 saturated carbocycles. The molecule has 0 aromatic carbocycles. The lowest BCUT2D eigenvalue weighted by atomic mass is 9.89. The Morgan fingerprint density at radius 1 is 1.38 bits per heavy atom. The van der Waals surface area contributed by atoms with Crippen molar-refractivity contribution in [3.8, 4) is 0 Å². The summed E-state index contributed by atoms with van der Waals surface area (Å²) in [6.07, 6.45) is 3.58. The highest BCUT2D eigenvalue weighted by atomic mass is 32.1. The molecule has 1 aromatic heterocycles. The van der Waals surface area contributed by atoms with E-state index in [2.05, 4.69) is 12.2 Å². The Bertz CT molecular complexity index is 554. The average molecular weight is 306 g/mol. The average Bonchev–Trinajstić information content (AvgIpc) is 3.11. The van der Waals surface area contributed by atoms with Crippen molar-refractivity contribution in [3.05, 3.63) is 21.9 Å². The minimum absolute atomic E-state index is 0.127. The summed E-state index contributed by atoms with van der Waals surface area (Å²) in [5, 5.41) is 2.94. The number of thiophene rings is 1. The van der Waals surface area contributed by atoms with Crippen LogP contribution in [0.15, 0.2) is 12.1 Å². The van der Waals surface area contributed by atoms with Crippen molar-refractivity contribution in [2.45, 2.75) is 38.6 Å². The lowest BCUT2D eigenvalue weighted by molar-refractivity contribution is -0.124. The standard InChI is InChI=1S/C16H22N2O2S/c1-3-13-4-5-14(21-13)16(20)18(2)12-6-10-8-15(19)17-9-11(10)7-12/h4-5,10-12H,3,6-9H2,1-2H3,(H,17,19)/t10-,11+,12-/m1/s1. The van der Waals surface area contributed by atoms with E-state index in [0.29, 0.717) is 18.3 Å². The molecule has 1 aliphatic heterocycles. The van der Waals surface area contributed by atoms with Gasteiger partial charge in [-0.15, -0.1) is 11.3 Å². The van der Waals surface area contributed by atoms with Crippen LogP contribution in [0.5, 0.6) is 0 Å². The van der Waals surface area contributed by atoms with Crippen molar-refractivity contribution in [2.75, 3.05) is 13.6 Å². The summed E-state index contributed by atoms with van der Waals surface area (Å²) < 4.78 is 0. The van der Waals surface area contributed by atoms with Gasteiger partial charge in [0.2, 0.25) is 5.91 Å². The molecule has 2 aliphatic rings. The van der Waals surface area contributed by atoms with Gasteiger partial charge in [-0.25, -0.2) is 0 Å². The topological polar surface area (TPSA) is 49.4 Å². The second-order valence-electron chi connectivity index (χ2n) is 6.19. The Kier molecular flexibility index (Phi) is 4.02. The monoisotopic (exact) mass is 306 g/mol. The van der Waals surface area contributed by atoms with Crippen LogP contribution in [-0.4, -0.2) is 36.3 Å². The van der Waals surface area contributed by atoms with Crippen molar-refractivity contribution >= 4 is 23.2 Å². The van der Waals surface area contributed by atoms with Crippen LogP contribution in [0.2, 0.25) is 0 Å². The van der Waals surface area contributed by atoms with Crippen molar-refractivity contribution in [1.82, 2.24) is 10.2 Å². The van der Waals surface area contributed by atoms with Crippen molar-refractivity contribution in [3.63, 3.8) is 0 Å². The molecule has 0 radical (unpaired) electrons. The van der Waals surface area contributed by atoms with E-state index in [1.54, 1.807) is 11.3 Å². The molecule has 21 heavy (non-hydrogen) atoms. The van der Waals surface area contributed by atoms with Gasteiger partial charge in [0.05, 0.1) is 4.88 Å². The van der Waals surface area contributed by atoms with Crippen LogP contribution < -0.4 is 5.32 Å². The summed E-state index contributed by atoms with van der Waals surface area (Å²) in [5.41, 5.74) is 0. The maximum Gasteiger partial charge on any atom is 0.263 e. The number of hydrogen-bond donors (Lipinski definition) is 1. The van der Waals surface area contributed by atoms with Crippen LogP contribution in [0.1, 0.15) is 40.7 Å². The SMILES string of the molecule is CCc1ccc(C(=O)N(C)[C@H]2C[C@H]3CNC(=O)C[C@H]3C2)s1. The van der Waals surface area contributed by atoms with Crippen molar-refractivity contribution in [2.24, 2.45) is 11.8 Å². The van der Waals surface area contributed by atoms with Gasteiger partial charge in [-0.1, -0.05) is 6.92 Å². The van der Waals surface area contributed by atoms with Crippen molar-refractivity contribution in [1.29, 1.82) is 0 Å². The molecule has 2 amide bonds. The zero-order chi connectivity index (χ0) is 15.0. The molecule has 3 atom stereocenters. The quantitative estimate of drug-likeness (QED) is 0.931. The minimum atomic E-state index is 0.127. The summed E-state index contributed by atoms with van der Waals surface area (Å²) in [6.45, 7) is 2.89. The number of carbonyl (C=O) groups is 2. The van der Waals surface area contributed by atoms with Gasteiger partial charge in [0.1, 0.15) is 0 Å². The smallest absolute Gasteiger partial charge is 0.263 e. The van der Waals surface area contributed by atoms with Crippen LogP contribution in [0.3, 0.4) is 0 Å². The molecule has 3 rings (SSSR count). The second-order valence-corrected chi connectivity index (χ2v) is 7.36. The predicted octanol–water partition coefficient (Wildman–Crippen LogP) is 2.30. The lowest BCUT2D eigenvalue weighted by Crippen LogP contribution is -2.38.